The minimum atomic E-state index is -0.305. The molecule has 0 fully saturated rings. The monoisotopic (exact) mass is 544 g/mol. The van der Waals surface area contributed by atoms with Crippen LogP contribution in [0.15, 0.2) is 58.1 Å². The number of nitrogens with one attached hydrogen (secondary N) is 1. The number of benzene rings is 2. The predicted octanol–water partition coefficient (Wildman–Crippen LogP) is 6.09. The molecule has 32 heavy (non-hydrogen) atoms. The molecule has 0 aliphatic heterocycles. The van der Waals surface area contributed by atoms with Gasteiger partial charge in [-0.1, -0.05) is 57.1 Å². The average molecular weight is 546 g/mol. The lowest BCUT2D eigenvalue weighted by molar-refractivity contribution is 0.103. The van der Waals surface area contributed by atoms with Crippen LogP contribution in [0.25, 0.3) is 20.4 Å². The van der Waals surface area contributed by atoms with Gasteiger partial charge < -0.3 is 0 Å². The van der Waals surface area contributed by atoms with Gasteiger partial charge in [-0.3, -0.25) is 19.5 Å². The van der Waals surface area contributed by atoms with Crippen LogP contribution >= 0.6 is 50.2 Å². The third-order valence-corrected chi connectivity index (χ3v) is 7.99. The van der Waals surface area contributed by atoms with Crippen LogP contribution in [0.4, 0.5) is 5.13 Å². The number of aryl methyl sites for hydroxylation is 1. The summed E-state index contributed by atoms with van der Waals surface area (Å²) in [6.45, 7) is 2.08. The second kappa shape index (κ2) is 8.40. The van der Waals surface area contributed by atoms with Crippen molar-refractivity contribution < 1.29 is 4.79 Å². The van der Waals surface area contributed by atoms with Crippen LogP contribution in [0.5, 0.6) is 0 Å². The van der Waals surface area contributed by atoms with Gasteiger partial charge in [-0.2, -0.15) is 0 Å². The van der Waals surface area contributed by atoms with Crippen molar-refractivity contribution >= 4 is 81.7 Å². The first-order valence-electron chi connectivity index (χ1n) is 9.50. The Hall–Kier alpha value is -2.59. The van der Waals surface area contributed by atoms with Crippen molar-refractivity contribution in [1.29, 1.82) is 0 Å². The van der Waals surface area contributed by atoms with Crippen molar-refractivity contribution in [1.82, 2.24) is 14.5 Å². The third-order valence-electron chi connectivity index (χ3n) is 4.99. The van der Waals surface area contributed by atoms with E-state index in [9.17, 15) is 9.59 Å². The Morgan fingerprint density at radius 1 is 1.22 bits per heavy atom. The van der Waals surface area contributed by atoms with Gasteiger partial charge in [0.25, 0.3) is 11.5 Å². The quantitative estimate of drug-likeness (QED) is 0.296. The topological polar surface area (TPSA) is 76.9 Å². The standard InChI is InChI=1S/C22H14BrClN4O2S2/c1-11-17-20(25-10-28(21(17)30)9-12-4-2-3-5-14(12)24)32-18(11)19(29)27-22-26-15-7-6-13(23)8-16(15)31-22/h2-8,10H,9H2,1H3,(H,26,27,29). The van der Waals surface area contributed by atoms with Gasteiger partial charge in [-0.05, 0) is 42.3 Å². The number of carbonyl (C=O) groups is 1. The summed E-state index contributed by atoms with van der Waals surface area (Å²) in [5, 5.41) is 4.40. The zero-order valence-corrected chi connectivity index (χ0v) is 20.5. The molecule has 0 saturated heterocycles. The number of nitrogens with zero attached hydrogens (tertiary/aromatic N) is 3. The summed E-state index contributed by atoms with van der Waals surface area (Å²) in [5.74, 6) is -0.305. The van der Waals surface area contributed by atoms with Crippen molar-refractivity contribution in [3.63, 3.8) is 0 Å². The molecule has 0 unspecified atom stereocenters. The van der Waals surface area contributed by atoms with Gasteiger partial charge in [0, 0.05) is 9.50 Å². The highest BCUT2D eigenvalue weighted by Gasteiger charge is 2.21. The van der Waals surface area contributed by atoms with E-state index < -0.39 is 0 Å². The second-order valence-corrected chi connectivity index (χ2v) is 10.4. The fraction of sp³-hybridized carbons (Fsp3) is 0.0909. The summed E-state index contributed by atoms with van der Waals surface area (Å²) < 4.78 is 3.42. The molecule has 3 heterocycles. The summed E-state index contributed by atoms with van der Waals surface area (Å²) in [7, 11) is 0. The van der Waals surface area contributed by atoms with E-state index in [1.165, 1.54) is 33.6 Å². The van der Waals surface area contributed by atoms with E-state index in [0.29, 0.717) is 37.4 Å². The van der Waals surface area contributed by atoms with Gasteiger partial charge >= 0.3 is 0 Å². The Morgan fingerprint density at radius 2 is 2.03 bits per heavy atom. The largest absolute Gasteiger partial charge is 0.297 e. The molecule has 2 aromatic carbocycles. The number of fused-ring (bicyclic) bond motifs is 2. The van der Waals surface area contributed by atoms with Crippen LogP contribution < -0.4 is 10.9 Å². The summed E-state index contributed by atoms with van der Waals surface area (Å²) in [5.41, 5.74) is 2.04. The van der Waals surface area contributed by atoms with Gasteiger partial charge in [-0.25, -0.2) is 9.97 Å². The lowest BCUT2D eigenvalue weighted by Crippen LogP contribution is -2.21. The molecule has 0 bridgehead atoms. The number of thiazole rings is 1. The molecule has 0 aliphatic carbocycles. The lowest BCUT2D eigenvalue weighted by Gasteiger charge is -2.07. The van der Waals surface area contributed by atoms with E-state index in [1.807, 2.05) is 36.4 Å². The molecule has 0 atom stereocenters. The molecular formula is C22H14BrClN4O2S2. The van der Waals surface area contributed by atoms with Crippen molar-refractivity contribution in [2.45, 2.75) is 13.5 Å². The SMILES string of the molecule is Cc1c(C(=O)Nc2nc3ccc(Br)cc3s2)sc2ncn(Cc3ccccc3Cl)c(=O)c12. The molecule has 0 aliphatic rings. The van der Waals surface area contributed by atoms with Crippen LogP contribution in [0, 0.1) is 6.92 Å². The smallest absolute Gasteiger partial charge is 0.267 e. The van der Waals surface area contributed by atoms with Crippen LogP contribution in [0.2, 0.25) is 5.02 Å². The number of anilines is 1. The highest BCUT2D eigenvalue weighted by atomic mass is 79.9. The number of hydrogen-bond donors (Lipinski definition) is 1. The highest BCUT2D eigenvalue weighted by molar-refractivity contribution is 9.10. The van der Waals surface area contributed by atoms with Crippen molar-refractivity contribution in [2.75, 3.05) is 5.32 Å². The van der Waals surface area contributed by atoms with E-state index >= 15 is 0 Å². The number of carbonyl (C=O) groups excluding carboxylic acids is 1. The number of hydrogen-bond acceptors (Lipinski definition) is 6. The zero-order valence-electron chi connectivity index (χ0n) is 16.6. The van der Waals surface area contributed by atoms with Crippen LogP contribution in [-0.4, -0.2) is 20.4 Å². The summed E-state index contributed by atoms with van der Waals surface area (Å²) in [4.78, 5) is 36.0. The van der Waals surface area contributed by atoms with Gasteiger partial charge in [0.15, 0.2) is 5.13 Å². The molecule has 160 valence electrons. The van der Waals surface area contributed by atoms with Gasteiger partial charge in [0.2, 0.25) is 0 Å². The van der Waals surface area contributed by atoms with E-state index in [2.05, 4.69) is 31.2 Å². The van der Waals surface area contributed by atoms with Crippen molar-refractivity contribution in [3.8, 4) is 0 Å². The number of amides is 1. The molecule has 1 amide bonds. The molecule has 1 N–H and O–H groups in total. The van der Waals surface area contributed by atoms with Crippen LogP contribution in [0.1, 0.15) is 20.8 Å². The number of halogens is 2. The maximum atomic E-state index is 13.1. The Kier molecular flexibility index (Phi) is 5.58. The summed E-state index contributed by atoms with van der Waals surface area (Å²) in [6.07, 6.45) is 1.50. The minimum absolute atomic E-state index is 0.201. The molecule has 0 spiro atoms. The molecule has 3 aromatic heterocycles. The number of thiophene rings is 1. The molecule has 6 nitrogen and oxygen atoms in total. The van der Waals surface area contributed by atoms with Crippen molar-refractivity contribution in [2.24, 2.45) is 0 Å². The third kappa shape index (κ3) is 3.86. The van der Waals surface area contributed by atoms with Crippen molar-refractivity contribution in [3.05, 3.63) is 84.6 Å². The fourth-order valence-electron chi connectivity index (χ4n) is 3.40. The Morgan fingerprint density at radius 3 is 2.84 bits per heavy atom. The molecule has 0 saturated carbocycles. The Bertz CT molecular complexity index is 1570. The van der Waals surface area contributed by atoms with Crippen LogP contribution in [0.3, 0.4) is 0 Å². The molecule has 10 heteroatoms. The zero-order chi connectivity index (χ0) is 22.4. The predicted molar refractivity (Wildman–Crippen MR) is 134 cm³/mol. The average Bonchev–Trinajstić information content (AvgIpc) is 3.31. The first-order valence-corrected chi connectivity index (χ1v) is 12.3. The lowest BCUT2D eigenvalue weighted by atomic mass is 10.2. The normalized spacial score (nSPS) is 11.3. The Balaban J connectivity index is 1.48. The molecule has 5 aromatic rings. The Labute approximate surface area is 203 Å². The first-order chi connectivity index (χ1) is 15.4. The maximum absolute atomic E-state index is 13.1. The maximum Gasteiger partial charge on any atom is 0.267 e. The van der Waals surface area contributed by atoms with E-state index in [4.69, 9.17) is 11.6 Å². The number of rotatable bonds is 4. The van der Waals surface area contributed by atoms with E-state index in [0.717, 1.165) is 20.3 Å². The highest BCUT2D eigenvalue weighted by Crippen LogP contribution is 2.31. The molecular weight excluding hydrogens is 532 g/mol. The van der Waals surface area contributed by atoms with Gasteiger partial charge in [0.05, 0.1) is 33.4 Å². The fourth-order valence-corrected chi connectivity index (χ4v) is 6.05. The molecule has 0 radical (unpaired) electrons. The van der Waals surface area contributed by atoms with Crippen LogP contribution in [-0.2, 0) is 6.54 Å². The molecule has 5 rings (SSSR count). The first kappa shape index (κ1) is 21.3. The summed E-state index contributed by atoms with van der Waals surface area (Å²) in [6, 6.07) is 13.1. The number of aromatic nitrogens is 3. The van der Waals surface area contributed by atoms with E-state index in [1.54, 1.807) is 13.0 Å². The van der Waals surface area contributed by atoms with Gasteiger partial charge in [0.1, 0.15) is 4.83 Å². The second-order valence-electron chi connectivity index (χ2n) is 7.09. The van der Waals surface area contributed by atoms with Gasteiger partial charge in [-0.15, -0.1) is 11.3 Å². The van der Waals surface area contributed by atoms with E-state index in [-0.39, 0.29) is 11.5 Å². The summed E-state index contributed by atoms with van der Waals surface area (Å²) >= 11 is 12.3. The minimum Gasteiger partial charge on any atom is -0.297 e.